The molecule has 0 saturated heterocycles. The van der Waals surface area contributed by atoms with Gasteiger partial charge in [-0.05, 0) is 18.2 Å². The Hall–Kier alpha value is -2.77. The van der Waals surface area contributed by atoms with Crippen LogP contribution in [0.25, 0.3) is 0 Å². The fourth-order valence-electron chi connectivity index (χ4n) is 1.73. The number of nitrogens with zero attached hydrogens (tertiary/aromatic N) is 1. The molecule has 8 heteroatoms. The van der Waals surface area contributed by atoms with E-state index in [2.05, 4.69) is 15.0 Å². The first-order chi connectivity index (χ1) is 10.9. The molecule has 1 heterocycles. The van der Waals surface area contributed by atoms with Crippen LogP contribution < -0.4 is 14.8 Å². The Bertz CT molecular complexity index is 672. The van der Waals surface area contributed by atoms with Gasteiger partial charge in [-0.25, -0.2) is 4.98 Å². The van der Waals surface area contributed by atoms with E-state index in [1.54, 1.807) is 24.3 Å². The molecule has 5 nitrogen and oxygen atoms in total. The van der Waals surface area contributed by atoms with Crippen molar-refractivity contribution < 1.29 is 27.4 Å². The van der Waals surface area contributed by atoms with Crippen LogP contribution in [0.2, 0.25) is 0 Å². The average Bonchev–Trinajstić information content (AvgIpc) is 2.53. The summed E-state index contributed by atoms with van der Waals surface area (Å²) in [4.78, 5) is 15.8. The summed E-state index contributed by atoms with van der Waals surface area (Å²) in [6, 6.07) is 9.27. The smallest absolute Gasteiger partial charge is 0.422 e. The van der Waals surface area contributed by atoms with Crippen molar-refractivity contribution in [2.45, 2.75) is 6.18 Å². The molecular weight excluding hydrogens is 313 g/mol. The number of alkyl halides is 3. The molecule has 0 saturated carbocycles. The number of methoxy groups -OCH3 is 1. The standard InChI is InChI=1S/C15H13F3N2O3/c1-22-12-5-3-2-4-11(12)14(21)20-10-6-7-13(19-8-10)23-9-15(16,17)18/h2-8H,9H2,1H3,(H,20,21). The van der Waals surface area contributed by atoms with Gasteiger partial charge in [-0.3, -0.25) is 4.79 Å². The lowest BCUT2D eigenvalue weighted by atomic mass is 10.2. The molecule has 0 aliphatic rings. The Balaban J connectivity index is 2.02. The summed E-state index contributed by atoms with van der Waals surface area (Å²) in [6.07, 6.45) is -3.22. The van der Waals surface area contributed by atoms with Crippen LogP contribution in [-0.4, -0.2) is 30.8 Å². The Morgan fingerprint density at radius 3 is 2.57 bits per heavy atom. The highest BCUT2D eigenvalue weighted by Gasteiger charge is 2.28. The number of amides is 1. The van der Waals surface area contributed by atoms with Crippen molar-refractivity contribution in [1.82, 2.24) is 4.98 Å². The lowest BCUT2D eigenvalue weighted by molar-refractivity contribution is -0.154. The molecule has 2 rings (SSSR count). The molecule has 122 valence electrons. The van der Waals surface area contributed by atoms with Gasteiger partial charge in [0, 0.05) is 6.07 Å². The van der Waals surface area contributed by atoms with Crippen molar-refractivity contribution in [2.24, 2.45) is 0 Å². The van der Waals surface area contributed by atoms with E-state index in [0.29, 0.717) is 17.0 Å². The van der Waals surface area contributed by atoms with E-state index < -0.39 is 18.7 Å². The Morgan fingerprint density at radius 1 is 1.22 bits per heavy atom. The average molecular weight is 326 g/mol. The van der Waals surface area contributed by atoms with E-state index in [4.69, 9.17) is 4.74 Å². The van der Waals surface area contributed by atoms with Gasteiger partial charge in [-0.15, -0.1) is 0 Å². The van der Waals surface area contributed by atoms with Gasteiger partial charge >= 0.3 is 6.18 Å². The summed E-state index contributed by atoms with van der Waals surface area (Å²) >= 11 is 0. The minimum absolute atomic E-state index is 0.183. The first kappa shape index (κ1) is 16.6. The van der Waals surface area contributed by atoms with Crippen molar-refractivity contribution in [3.8, 4) is 11.6 Å². The second kappa shape index (κ2) is 6.99. The van der Waals surface area contributed by atoms with Gasteiger partial charge in [0.2, 0.25) is 5.88 Å². The molecule has 0 radical (unpaired) electrons. The third-order valence-corrected chi connectivity index (χ3v) is 2.73. The fraction of sp³-hybridized carbons (Fsp3) is 0.200. The fourth-order valence-corrected chi connectivity index (χ4v) is 1.73. The third-order valence-electron chi connectivity index (χ3n) is 2.73. The van der Waals surface area contributed by atoms with E-state index in [0.717, 1.165) is 0 Å². The molecule has 2 aromatic rings. The quantitative estimate of drug-likeness (QED) is 0.916. The zero-order valence-corrected chi connectivity index (χ0v) is 12.1. The zero-order valence-electron chi connectivity index (χ0n) is 12.1. The number of rotatable bonds is 5. The van der Waals surface area contributed by atoms with Crippen LogP contribution in [0.1, 0.15) is 10.4 Å². The summed E-state index contributed by atoms with van der Waals surface area (Å²) < 4.78 is 45.7. The maximum Gasteiger partial charge on any atom is 0.422 e. The van der Waals surface area contributed by atoms with Crippen molar-refractivity contribution >= 4 is 11.6 Å². The molecule has 0 aliphatic carbocycles. The number of ether oxygens (including phenoxy) is 2. The molecule has 1 aromatic carbocycles. The number of pyridine rings is 1. The third kappa shape index (κ3) is 4.87. The van der Waals surface area contributed by atoms with E-state index in [1.165, 1.54) is 25.4 Å². The van der Waals surface area contributed by atoms with E-state index in [1.807, 2.05) is 0 Å². The van der Waals surface area contributed by atoms with Gasteiger partial charge in [0.15, 0.2) is 6.61 Å². The SMILES string of the molecule is COc1ccccc1C(=O)Nc1ccc(OCC(F)(F)F)nc1. The Morgan fingerprint density at radius 2 is 1.96 bits per heavy atom. The summed E-state index contributed by atoms with van der Waals surface area (Å²) in [6.45, 7) is -1.42. The van der Waals surface area contributed by atoms with Gasteiger partial charge < -0.3 is 14.8 Å². The normalized spacial score (nSPS) is 11.0. The van der Waals surface area contributed by atoms with Crippen molar-refractivity contribution in [2.75, 3.05) is 19.0 Å². The number of carbonyl (C=O) groups is 1. The summed E-state index contributed by atoms with van der Waals surface area (Å²) in [7, 11) is 1.44. The van der Waals surface area contributed by atoms with Crippen LogP contribution in [0.5, 0.6) is 11.6 Å². The molecule has 1 amide bonds. The van der Waals surface area contributed by atoms with Crippen LogP contribution in [0.3, 0.4) is 0 Å². The first-order valence-corrected chi connectivity index (χ1v) is 6.49. The number of benzene rings is 1. The van der Waals surface area contributed by atoms with Gasteiger partial charge in [0.05, 0.1) is 24.6 Å². The number of nitrogens with one attached hydrogen (secondary N) is 1. The Labute approximate surface area is 130 Å². The minimum Gasteiger partial charge on any atom is -0.496 e. The molecule has 0 aliphatic heterocycles. The minimum atomic E-state index is -4.43. The maximum absolute atomic E-state index is 12.1. The van der Waals surface area contributed by atoms with E-state index in [-0.39, 0.29) is 5.88 Å². The van der Waals surface area contributed by atoms with Crippen LogP contribution in [0.4, 0.5) is 18.9 Å². The number of hydrogen-bond acceptors (Lipinski definition) is 4. The summed E-state index contributed by atoms with van der Waals surface area (Å²) in [5, 5.41) is 2.57. The number of halogens is 3. The lowest BCUT2D eigenvalue weighted by Crippen LogP contribution is -2.19. The van der Waals surface area contributed by atoms with Gasteiger partial charge in [0.25, 0.3) is 5.91 Å². The predicted molar refractivity (Wildman–Crippen MR) is 76.7 cm³/mol. The van der Waals surface area contributed by atoms with Crippen molar-refractivity contribution in [3.05, 3.63) is 48.2 Å². The van der Waals surface area contributed by atoms with Crippen molar-refractivity contribution in [1.29, 1.82) is 0 Å². The molecule has 1 aromatic heterocycles. The maximum atomic E-state index is 12.1. The van der Waals surface area contributed by atoms with Crippen LogP contribution in [0.15, 0.2) is 42.6 Å². The monoisotopic (exact) mass is 326 g/mol. The second-order valence-corrected chi connectivity index (χ2v) is 4.44. The lowest BCUT2D eigenvalue weighted by Gasteiger charge is -2.10. The molecular formula is C15H13F3N2O3. The number of anilines is 1. The van der Waals surface area contributed by atoms with E-state index in [9.17, 15) is 18.0 Å². The van der Waals surface area contributed by atoms with Gasteiger partial charge in [-0.1, -0.05) is 12.1 Å². The molecule has 0 bridgehead atoms. The topological polar surface area (TPSA) is 60.5 Å². The highest BCUT2D eigenvalue weighted by molar-refractivity contribution is 6.06. The second-order valence-electron chi connectivity index (χ2n) is 4.44. The summed E-state index contributed by atoms with van der Waals surface area (Å²) in [5.74, 6) is -0.200. The van der Waals surface area contributed by atoms with Crippen LogP contribution >= 0.6 is 0 Å². The number of para-hydroxylation sites is 1. The summed E-state index contributed by atoms with van der Waals surface area (Å²) in [5.41, 5.74) is 0.646. The first-order valence-electron chi connectivity index (χ1n) is 6.49. The molecule has 23 heavy (non-hydrogen) atoms. The Kier molecular flexibility index (Phi) is 5.05. The van der Waals surface area contributed by atoms with Crippen LogP contribution in [0, 0.1) is 0 Å². The van der Waals surface area contributed by atoms with Gasteiger partial charge in [-0.2, -0.15) is 13.2 Å². The highest BCUT2D eigenvalue weighted by atomic mass is 19.4. The number of carbonyl (C=O) groups excluding carboxylic acids is 1. The largest absolute Gasteiger partial charge is 0.496 e. The van der Waals surface area contributed by atoms with Gasteiger partial charge in [0.1, 0.15) is 5.75 Å². The molecule has 1 N–H and O–H groups in total. The molecule has 0 atom stereocenters. The molecule has 0 unspecified atom stereocenters. The molecule has 0 spiro atoms. The number of aromatic nitrogens is 1. The van der Waals surface area contributed by atoms with E-state index >= 15 is 0 Å². The highest BCUT2D eigenvalue weighted by Crippen LogP contribution is 2.20. The number of hydrogen-bond donors (Lipinski definition) is 1. The van der Waals surface area contributed by atoms with Crippen LogP contribution in [-0.2, 0) is 0 Å². The predicted octanol–water partition coefficient (Wildman–Crippen LogP) is 3.28. The zero-order chi connectivity index (χ0) is 16.9. The molecule has 0 fully saturated rings. The van der Waals surface area contributed by atoms with Crippen molar-refractivity contribution in [3.63, 3.8) is 0 Å².